The molecule has 0 saturated carbocycles. The largest absolute Gasteiger partial charge is 0.310 e. The predicted molar refractivity (Wildman–Crippen MR) is 334 cm³/mol. The molecule has 3 heteroatoms. The first kappa shape index (κ1) is 46.2. The van der Waals surface area contributed by atoms with Gasteiger partial charge < -0.3 is 9.13 Å². The van der Waals surface area contributed by atoms with Crippen LogP contribution < -0.4 is 16.4 Å². The fourth-order valence-electron chi connectivity index (χ4n) is 15.2. The minimum absolute atomic E-state index is 0.0349. The lowest BCUT2D eigenvalue weighted by atomic mass is 9.33. The average Bonchev–Trinajstić information content (AvgIpc) is 2.31. The first-order chi connectivity index (χ1) is 37.2. The van der Waals surface area contributed by atoms with Crippen LogP contribution in [0.3, 0.4) is 0 Å². The molecule has 0 fully saturated rings. The van der Waals surface area contributed by atoms with Crippen LogP contribution in [0.5, 0.6) is 0 Å². The van der Waals surface area contributed by atoms with Gasteiger partial charge in [0.15, 0.2) is 0 Å². The van der Waals surface area contributed by atoms with Gasteiger partial charge in [-0.1, -0.05) is 223 Å². The van der Waals surface area contributed by atoms with E-state index in [-0.39, 0.29) is 28.4 Å². The van der Waals surface area contributed by atoms with E-state index < -0.39 is 5.41 Å². The Morgan fingerprint density at radius 2 is 0.872 bits per heavy atom. The molecule has 0 amide bonds. The Kier molecular flexibility index (Phi) is 8.79. The van der Waals surface area contributed by atoms with Gasteiger partial charge in [0.2, 0.25) is 0 Å². The molecule has 0 radical (unpaired) electrons. The molecular weight excluding hydrogens is 940 g/mol. The molecule has 0 bridgehead atoms. The van der Waals surface area contributed by atoms with Gasteiger partial charge in [0, 0.05) is 43.8 Å². The molecule has 2 nitrogen and oxygen atoms in total. The normalized spacial score (nSPS) is 14.7. The van der Waals surface area contributed by atoms with Crippen molar-refractivity contribution in [2.45, 2.75) is 110 Å². The van der Waals surface area contributed by atoms with Crippen LogP contribution in [0.1, 0.15) is 128 Å². The standard InChI is InChI=1S/C75H65BN2/c1-71(2,3)44-31-33-63-52(34-44)53-36-46(73(7,8)9)39-61-67(53)77(63)69-56(51-32-30-42-22-16-17-25-48(42)64(51)43-23-14-13-15-24-43)41-60-70-65(69)76(61)62-40-47(74(10,11)12)37-55-54-35-45(72(4,5)6)38-59(66(54)78(70)68(55)62)75(60)57-28-20-18-26-49(57)50-27-19-21-29-58(50)75/h13-41H,1-12H3. The lowest BCUT2D eigenvalue weighted by molar-refractivity contribution is 0.588. The minimum Gasteiger partial charge on any atom is -0.310 e. The topological polar surface area (TPSA) is 9.86 Å². The maximum Gasteiger partial charge on any atom is 0.252 e. The van der Waals surface area contributed by atoms with Gasteiger partial charge in [-0.05, 0) is 158 Å². The van der Waals surface area contributed by atoms with E-state index in [1.54, 1.807) is 0 Å². The highest BCUT2D eigenvalue weighted by Crippen LogP contribution is 2.63. The van der Waals surface area contributed by atoms with Crippen LogP contribution in [0.15, 0.2) is 176 Å². The molecule has 0 N–H and O–H groups in total. The average molecular weight is 1010 g/mol. The molecule has 16 rings (SSSR count). The van der Waals surface area contributed by atoms with Crippen LogP contribution in [0.4, 0.5) is 0 Å². The maximum atomic E-state index is 2.81. The summed E-state index contributed by atoms with van der Waals surface area (Å²) in [5.74, 6) is 0. The first-order valence-corrected chi connectivity index (χ1v) is 28.5. The molecule has 12 aromatic rings. The van der Waals surface area contributed by atoms with Gasteiger partial charge in [0.1, 0.15) is 0 Å². The number of benzene rings is 10. The van der Waals surface area contributed by atoms with E-state index in [9.17, 15) is 0 Å². The van der Waals surface area contributed by atoms with Crippen LogP contribution in [0.25, 0.3) is 99.1 Å². The third-order valence-corrected chi connectivity index (χ3v) is 19.1. The zero-order valence-electron chi connectivity index (χ0n) is 47.2. The van der Waals surface area contributed by atoms with Crippen molar-refractivity contribution < 1.29 is 0 Å². The molecule has 2 aromatic heterocycles. The quantitative estimate of drug-likeness (QED) is 0.153. The highest BCUT2D eigenvalue weighted by Gasteiger charge is 2.55. The van der Waals surface area contributed by atoms with Gasteiger partial charge in [-0.15, -0.1) is 0 Å². The predicted octanol–water partition coefficient (Wildman–Crippen LogP) is 17.4. The Balaban J connectivity index is 1.23. The van der Waals surface area contributed by atoms with E-state index in [1.165, 1.54) is 160 Å². The van der Waals surface area contributed by atoms with Gasteiger partial charge in [-0.2, -0.15) is 0 Å². The van der Waals surface area contributed by atoms with Crippen molar-refractivity contribution in [3.63, 3.8) is 0 Å². The summed E-state index contributed by atoms with van der Waals surface area (Å²) < 4.78 is 5.58. The fourth-order valence-corrected chi connectivity index (χ4v) is 15.2. The summed E-state index contributed by atoms with van der Waals surface area (Å²) in [6.07, 6.45) is 0. The molecule has 3 aliphatic heterocycles. The number of aromatic nitrogens is 2. The molecule has 78 heavy (non-hydrogen) atoms. The van der Waals surface area contributed by atoms with Gasteiger partial charge >= 0.3 is 0 Å². The Bertz CT molecular complexity index is 4650. The van der Waals surface area contributed by atoms with Gasteiger partial charge in [0.25, 0.3) is 6.71 Å². The number of hydrogen-bond acceptors (Lipinski definition) is 0. The molecule has 4 aliphatic rings. The minimum atomic E-state index is -0.655. The lowest BCUT2D eigenvalue weighted by Gasteiger charge is -2.45. The summed E-state index contributed by atoms with van der Waals surface area (Å²) in [6.45, 7) is 28.7. The van der Waals surface area contributed by atoms with Crippen molar-refractivity contribution in [1.82, 2.24) is 9.13 Å². The van der Waals surface area contributed by atoms with Crippen molar-refractivity contribution in [2.75, 3.05) is 0 Å². The Morgan fingerprint density at radius 1 is 0.346 bits per heavy atom. The summed E-state index contributed by atoms with van der Waals surface area (Å²) in [7, 11) is 0. The van der Waals surface area contributed by atoms with Crippen molar-refractivity contribution in [3.8, 4) is 44.8 Å². The molecule has 0 atom stereocenters. The summed E-state index contributed by atoms with van der Waals surface area (Å²) in [5, 5.41) is 7.90. The third kappa shape index (κ3) is 5.75. The second-order valence-electron chi connectivity index (χ2n) is 27.7. The van der Waals surface area contributed by atoms with Crippen LogP contribution >= 0.6 is 0 Å². The zero-order valence-corrected chi connectivity index (χ0v) is 47.2. The van der Waals surface area contributed by atoms with Crippen molar-refractivity contribution in [3.05, 3.63) is 220 Å². The second kappa shape index (κ2) is 14.8. The van der Waals surface area contributed by atoms with Crippen LogP contribution in [-0.4, -0.2) is 15.8 Å². The Morgan fingerprint density at radius 3 is 1.50 bits per heavy atom. The Labute approximate surface area is 459 Å². The molecule has 378 valence electrons. The van der Waals surface area contributed by atoms with E-state index >= 15 is 0 Å². The summed E-state index contributed by atoms with van der Waals surface area (Å²) >= 11 is 0. The summed E-state index contributed by atoms with van der Waals surface area (Å²) in [5.41, 5.74) is 29.8. The smallest absolute Gasteiger partial charge is 0.252 e. The van der Waals surface area contributed by atoms with Crippen LogP contribution in [-0.2, 0) is 27.1 Å². The maximum absolute atomic E-state index is 2.81. The highest BCUT2D eigenvalue weighted by molar-refractivity contribution is 7.00. The number of nitrogens with zero attached hydrogens (tertiary/aromatic N) is 2. The van der Waals surface area contributed by atoms with E-state index in [4.69, 9.17) is 0 Å². The van der Waals surface area contributed by atoms with Crippen molar-refractivity contribution >= 4 is 77.5 Å². The van der Waals surface area contributed by atoms with E-state index in [0.717, 1.165) is 0 Å². The first-order valence-electron chi connectivity index (χ1n) is 28.5. The third-order valence-electron chi connectivity index (χ3n) is 19.1. The fraction of sp³-hybridized carbons (Fsp3) is 0.227. The SMILES string of the molecule is CC(C)(C)c1ccc2c(c1)c1cc(C(C)(C)C)cc3c1n2-c1c(-c2ccc4ccccc4c2-c2ccccc2)cc2c4c1B3c1cc(C(C)(C)C)cc3c5cc(C(C)(C)C)cc(c5n-4c13)C21c2ccccc2-c2ccccc21. The zero-order chi connectivity index (χ0) is 53.5. The van der Waals surface area contributed by atoms with Crippen LogP contribution in [0.2, 0.25) is 0 Å². The van der Waals surface area contributed by atoms with Crippen molar-refractivity contribution in [1.29, 1.82) is 0 Å². The van der Waals surface area contributed by atoms with E-state index in [2.05, 4.69) is 268 Å². The number of fused-ring (bicyclic) bond motifs is 15. The summed E-state index contributed by atoms with van der Waals surface area (Å²) in [6, 6.07) is 69.9. The van der Waals surface area contributed by atoms with Crippen molar-refractivity contribution in [2.24, 2.45) is 0 Å². The molecule has 0 unspecified atom stereocenters. The number of hydrogen-bond donors (Lipinski definition) is 0. The van der Waals surface area contributed by atoms with Gasteiger partial charge in [-0.25, -0.2) is 0 Å². The van der Waals surface area contributed by atoms with Gasteiger partial charge in [0.05, 0.1) is 22.1 Å². The molecule has 0 saturated heterocycles. The molecule has 1 aliphatic carbocycles. The highest BCUT2D eigenvalue weighted by atomic mass is 15.1. The van der Waals surface area contributed by atoms with Crippen LogP contribution in [0, 0.1) is 0 Å². The number of rotatable bonds is 2. The molecule has 5 heterocycles. The lowest BCUT2D eigenvalue weighted by Crippen LogP contribution is -2.61. The Hall–Kier alpha value is -7.88. The monoisotopic (exact) mass is 1000 g/mol. The summed E-state index contributed by atoms with van der Waals surface area (Å²) in [4.78, 5) is 0. The molecular formula is C75H65BN2. The van der Waals surface area contributed by atoms with E-state index in [1.807, 2.05) is 0 Å². The second-order valence-corrected chi connectivity index (χ2v) is 27.7. The molecule has 1 spiro atoms. The van der Waals surface area contributed by atoms with Gasteiger partial charge in [-0.3, -0.25) is 0 Å². The van der Waals surface area contributed by atoms with E-state index in [0.29, 0.717) is 0 Å². The molecule has 10 aromatic carbocycles.